The zero-order chi connectivity index (χ0) is 11.5. The van der Waals surface area contributed by atoms with Crippen molar-refractivity contribution in [2.75, 3.05) is 0 Å². The molecular formula is C11H10N6. The second-order valence-corrected chi connectivity index (χ2v) is 3.56. The van der Waals surface area contributed by atoms with E-state index in [2.05, 4.69) is 25.1 Å². The highest BCUT2D eigenvalue weighted by atomic mass is 15.2. The minimum absolute atomic E-state index is 0.612. The number of aromatic nitrogens is 6. The van der Waals surface area contributed by atoms with Crippen LogP contribution in [0.2, 0.25) is 0 Å². The molecule has 84 valence electrons. The molecule has 0 spiro atoms. The van der Waals surface area contributed by atoms with E-state index >= 15 is 0 Å². The number of imidazole rings is 1. The van der Waals surface area contributed by atoms with Crippen molar-refractivity contribution in [1.29, 1.82) is 0 Å². The van der Waals surface area contributed by atoms with Gasteiger partial charge in [0, 0.05) is 18.6 Å². The van der Waals surface area contributed by atoms with Crippen molar-refractivity contribution in [2.45, 2.75) is 6.54 Å². The highest BCUT2D eigenvalue weighted by Gasteiger charge is 2.06. The first-order valence-corrected chi connectivity index (χ1v) is 5.20. The molecule has 0 unspecified atom stereocenters. The van der Waals surface area contributed by atoms with E-state index in [9.17, 15) is 0 Å². The predicted molar refractivity (Wildman–Crippen MR) is 60.9 cm³/mol. The molecule has 3 heterocycles. The van der Waals surface area contributed by atoms with E-state index in [0.717, 1.165) is 11.5 Å². The Kier molecular flexibility index (Phi) is 2.38. The van der Waals surface area contributed by atoms with Gasteiger partial charge in [-0.2, -0.15) is 5.10 Å². The Hall–Kier alpha value is -2.50. The Bertz CT molecular complexity index is 583. The van der Waals surface area contributed by atoms with Gasteiger partial charge >= 0.3 is 0 Å². The molecule has 0 aromatic carbocycles. The summed E-state index contributed by atoms with van der Waals surface area (Å²) in [5.74, 6) is 1.39. The lowest BCUT2D eigenvalue weighted by Crippen LogP contribution is -1.98. The molecule has 0 bridgehead atoms. The van der Waals surface area contributed by atoms with Crippen molar-refractivity contribution in [3.8, 4) is 11.5 Å². The molecule has 0 aliphatic rings. The molecule has 0 aliphatic heterocycles. The van der Waals surface area contributed by atoms with E-state index in [1.807, 2.05) is 29.0 Å². The number of nitrogens with zero attached hydrogens (tertiary/aromatic N) is 5. The van der Waals surface area contributed by atoms with Crippen molar-refractivity contribution in [3.05, 3.63) is 48.9 Å². The van der Waals surface area contributed by atoms with Gasteiger partial charge in [-0.3, -0.25) is 10.1 Å². The van der Waals surface area contributed by atoms with Gasteiger partial charge in [0.2, 0.25) is 0 Å². The summed E-state index contributed by atoms with van der Waals surface area (Å²) in [6.45, 7) is 0.625. The summed E-state index contributed by atoms with van der Waals surface area (Å²) in [6.07, 6.45) is 7.07. The second-order valence-electron chi connectivity index (χ2n) is 3.56. The monoisotopic (exact) mass is 226 g/mol. The summed E-state index contributed by atoms with van der Waals surface area (Å²) in [4.78, 5) is 12.5. The maximum Gasteiger partial charge on any atom is 0.199 e. The number of aromatic amines is 1. The van der Waals surface area contributed by atoms with Crippen LogP contribution >= 0.6 is 0 Å². The van der Waals surface area contributed by atoms with Crippen LogP contribution in [0.1, 0.15) is 5.82 Å². The van der Waals surface area contributed by atoms with Crippen LogP contribution in [-0.2, 0) is 6.54 Å². The minimum Gasteiger partial charge on any atom is -0.330 e. The zero-order valence-electron chi connectivity index (χ0n) is 8.98. The summed E-state index contributed by atoms with van der Waals surface area (Å²) in [5.41, 5.74) is 0.764. The summed E-state index contributed by atoms with van der Waals surface area (Å²) in [6, 6.07) is 5.65. The highest BCUT2D eigenvalue weighted by molar-refractivity contribution is 5.47. The van der Waals surface area contributed by atoms with Gasteiger partial charge < -0.3 is 4.57 Å². The summed E-state index contributed by atoms with van der Waals surface area (Å²) >= 11 is 0. The first-order valence-electron chi connectivity index (χ1n) is 5.20. The normalized spacial score (nSPS) is 10.6. The van der Waals surface area contributed by atoms with Crippen LogP contribution in [0.3, 0.4) is 0 Å². The van der Waals surface area contributed by atoms with Gasteiger partial charge in [-0.05, 0) is 12.1 Å². The van der Waals surface area contributed by atoms with Crippen LogP contribution in [0.25, 0.3) is 11.5 Å². The summed E-state index contributed by atoms with van der Waals surface area (Å²) < 4.78 is 1.92. The molecule has 0 radical (unpaired) electrons. The number of hydrogen-bond donors (Lipinski definition) is 1. The summed E-state index contributed by atoms with van der Waals surface area (Å²) in [7, 11) is 0. The van der Waals surface area contributed by atoms with Gasteiger partial charge in [0.25, 0.3) is 0 Å². The molecule has 3 aromatic heterocycles. The first kappa shape index (κ1) is 9.71. The zero-order valence-corrected chi connectivity index (χ0v) is 8.98. The minimum atomic E-state index is 0.612. The molecule has 6 heteroatoms. The lowest BCUT2D eigenvalue weighted by atomic mass is 10.3. The fraction of sp³-hybridized carbons (Fsp3) is 0.0909. The standard InChI is InChI=1S/C11H10N6/c1-2-4-13-9(3-1)11-14-10(15-16-11)7-17-6-5-12-8-17/h1-6,8H,7H2,(H,14,15,16). The lowest BCUT2D eigenvalue weighted by Gasteiger charge is -1.95. The highest BCUT2D eigenvalue weighted by Crippen LogP contribution is 2.10. The van der Waals surface area contributed by atoms with Gasteiger partial charge in [-0.1, -0.05) is 6.07 Å². The molecule has 0 fully saturated rings. The molecule has 0 atom stereocenters. The molecule has 6 nitrogen and oxygen atoms in total. The number of H-pyrrole nitrogens is 1. The summed E-state index contributed by atoms with van der Waals surface area (Å²) in [5, 5.41) is 7.03. The van der Waals surface area contributed by atoms with Crippen molar-refractivity contribution < 1.29 is 0 Å². The average molecular weight is 226 g/mol. The molecule has 17 heavy (non-hydrogen) atoms. The van der Waals surface area contributed by atoms with E-state index in [1.54, 1.807) is 18.7 Å². The van der Waals surface area contributed by atoms with E-state index < -0.39 is 0 Å². The third-order valence-corrected chi connectivity index (χ3v) is 2.32. The Morgan fingerprint density at radius 2 is 2.24 bits per heavy atom. The number of hydrogen-bond acceptors (Lipinski definition) is 4. The first-order chi connectivity index (χ1) is 8.42. The topological polar surface area (TPSA) is 72.3 Å². The van der Waals surface area contributed by atoms with E-state index in [1.165, 1.54) is 0 Å². The quantitative estimate of drug-likeness (QED) is 0.726. The smallest absolute Gasteiger partial charge is 0.199 e. The molecule has 0 amide bonds. The van der Waals surface area contributed by atoms with E-state index in [-0.39, 0.29) is 0 Å². The van der Waals surface area contributed by atoms with E-state index in [4.69, 9.17) is 0 Å². The van der Waals surface area contributed by atoms with Crippen molar-refractivity contribution >= 4 is 0 Å². The second kappa shape index (κ2) is 4.17. The Balaban J connectivity index is 1.84. The number of rotatable bonds is 3. The Morgan fingerprint density at radius 3 is 3.00 bits per heavy atom. The van der Waals surface area contributed by atoms with Crippen molar-refractivity contribution in [3.63, 3.8) is 0 Å². The Morgan fingerprint density at radius 1 is 1.24 bits per heavy atom. The maximum atomic E-state index is 4.38. The van der Waals surface area contributed by atoms with Gasteiger partial charge in [0.05, 0.1) is 12.9 Å². The Labute approximate surface area is 97.4 Å². The fourth-order valence-electron chi connectivity index (χ4n) is 1.53. The van der Waals surface area contributed by atoms with Crippen molar-refractivity contribution in [1.82, 2.24) is 29.7 Å². The van der Waals surface area contributed by atoms with Crippen LogP contribution in [-0.4, -0.2) is 29.7 Å². The van der Waals surface area contributed by atoms with Crippen LogP contribution in [0.5, 0.6) is 0 Å². The van der Waals surface area contributed by atoms with Crippen molar-refractivity contribution in [2.24, 2.45) is 0 Å². The molecule has 1 N–H and O–H groups in total. The van der Waals surface area contributed by atoms with Crippen LogP contribution < -0.4 is 0 Å². The number of pyridine rings is 1. The van der Waals surface area contributed by atoms with Gasteiger partial charge in [0.1, 0.15) is 11.5 Å². The molecule has 3 aromatic rings. The molecular weight excluding hydrogens is 216 g/mol. The van der Waals surface area contributed by atoms with Crippen LogP contribution in [0, 0.1) is 0 Å². The maximum absolute atomic E-state index is 4.38. The van der Waals surface area contributed by atoms with Gasteiger partial charge in [-0.25, -0.2) is 9.97 Å². The molecule has 0 saturated carbocycles. The van der Waals surface area contributed by atoms with Gasteiger partial charge in [0.15, 0.2) is 5.82 Å². The third kappa shape index (κ3) is 2.05. The fourth-order valence-corrected chi connectivity index (χ4v) is 1.53. The largest absolute Gasteiger partial charge is 0.330 e. The molecule has 3 rings (SSSR count). The third-order valence-electron chi connectivity index (χ3n) is 2.32. The average Bonchev–Trinajstić information content (AvgIpc) is 3.02. The van der Waals surface area contributed by atoms with Crippen LogP contribution in [0.15, 0.2) is 43.1 Å². The molecule has 0 saturated heterocycles. The number of nitrogens with one attached hydrogen (secondary N) is 1. The van der Waals surface area contributed by atoms with Gasteiger partial charge in [-0.15, -0.1) is 0 Å². The lowest BCUT2D eigenvalue weighted by molar-refractivity contribution is 0.747. The predicted octanol–water partition coefficient (Wildman–Crippen LogP) is 1.11. The van der Waals surface area contributed by atoms with Crippen LogP contribution in [0.4, 0.5) is 0 Å². The SMILES string of the molecule is c1ccc(-c2n[nH]c(Cn3ccnc3)n2)nc1. The molecule has 0 aliphatic carbocycles. The van der Waals surface area contributed by atoms with E-state index in [0.29, 0.717) is 12.4 Å².